The zero-order chi connectivity index (χ0) is 19.4. The Bertz CT molecular complexity index is 1060. The molecule has 0 aliphatic rings. The second-order valence-corrected chi connectivity index (χ2v) is 6.02. The van der Waals surface area contributed by atoms with E-state index in [1.54, 1.807) is 54.2 Å². The van der Waals surface area contributed by atoms with Gasteiger partial charge >= 0.3 is 0 Å². The number of amides is 1. The smallest absolute Gasteiger partial charge is 0.255 e. The highest BCUT2D eigenvalue weighted by atomic mass is 16.1. The van der Waals surface area contributed by atoms with E-state index in [1.165, 1.54) is 6.21 Å². The average Bonchev–Trinajstić information content (AvgIpc) is 3.07. The topological polar surface area (TPSA) is 107 Å². The average molecular weight is 358 g/mol. The van der Waals surface area contributed by atoms with E-state index in [4.69, 9.17) is 10.7 Å². The van der Waals surface area contributed by atoms with Gasteiger partial charge < -0.3 is 16.0 Å². The second-order valence-electron chi connectivity index (χ2n) is 6.02. The van der Waals surface area contributed by atoms with Crippen LogP contribution in [-0.2, 0) is 7.05 Å². The van der Waals surface area contributed by atoms with Crippen LogP contribution in [0.3, 0.4) is 0 Å². The van der Waals surface area contributed by atoms with Crippen molar-refractivity contribution in [2.45, 2.75) is 6.92 Å². The summed E-state index contributed by atoms with van der Waals surface area (Å²) in [6, 6.07) is 12.4. The second kappa shape index (κ2) is 7.54. The third-order valence-electron chi connectivity index (χ3n) is 4.15. The van der Waals surface area contributed by atoms with Crippen LogP contribution in [-0.4, -0.2) is 21.9 Å². The Morgan fingerprint density at radius 3 is 2.78 bits per heavy atom. The lowest BCUT2D eigenvalue weighted by atomic mass is 10.0. The third-order valence-corrected chi connectivity index (χ3v) is 4.15. The molecule has 2 aromatic carbocycles. The number of nitrogens with one attached hydrogen (secondary N) is 3. The molecule has 1 heterocycles. The number of carbonyl (C=O) groups is 1. The molecule has 7 heteroatoms. The molecule has 1 amide bonds. The Morgan fingerprint density at radius 2 is 2.11 bits per heavy atom. The third kappa shape index (κ3) is 3.85. The van der Waals surface area contributed by atoms with E-state index >= 15 is 0 Å². The van der Waals surface area contributed by atoms with Gasteiger partial charge in [0.15, 0.2) is 0 Å². The molecule has 1 aromatic heterocycles. The van der Waals surface area contributed by atoms with E-state index < -0.39 is 0 Å². The first kappa shape index (κ1) is 17.9. The number of benzene rings is 2. The Kier molecular flexibility index (Phi) is 4.99. The molecule has 0 unspecified atom stereocenters. The molecule has 3 N–H and O–H groups in total. The SMILES string of the molecule is Cc1c(C#N)cccc1C(=O)Nc1ccc(C=N)c(Nc2cnn(C)c2)c1. The number of aryl methyl sites for hydroxylation is 1. The first-order valence-electron chi connectivity index (χ1n) is 8.23. The summed E-state index contributed by atoms with van der Waals surface area (Å²) in [5, 5.41) is 26.9. The van der Waals surface area contributed by atoms with Gasteiger partial charge in [-0.2, -0.15) is 10.4 Å². The molecule has 0 bridgehead atoms. The molecule has 134 valence electrons. The standard InChI is InChI=1S/C20H18N6O/c1-13-14(9-21)4-3-5-18(13)20(27)25-16-7-6-15(10-22)19(8-16)24-17-11-23-26(2)12-17/h3-8,10-12,22,24H,1-2H3,(H,25,27). The van der Waals surface area contributed by atoms with Gasteiger partial charge in [-0.05, 0) is 42.8 Å². The molecule has 27 heavy (non-hydrogen) atoms. The van der Waals surface area contributed by atoms with Crippen LogP contribution in [0.2, 0.25) is 0 Å². The summed E-state index contributed by atoms with van der Waals surface area (Å²) >= 11 is 0. The fourth-order valence-corrected chi connectivity index (χ4v) is 2.71. The van der Waals surface area contributed by atoms with Gasteiger partial charge in [0.1, 0.15) is 0 Å². The van der Waals surface area contributed by atoms with Gasteiger partial charge in [0, 0.05) is 42.0 Å². The predicted octanol–water partition coefficient (Wildman–Crippen LogP) is 3.59. The van der Waals surface area contributed by atoms with Crippen LogP contribution in [0.5, 0.6) is 0 Å². The Morgan fingerprint density at radius 1 is 1.30 bits per heavy atom. The normalized spacial score (nSPS) is 10.1. The Labute approximate surface area is 156 Å². The molecule has 0 atom stereocenters. The quantitative estimate of drug-likeness (QED) is 0.606. The van der Waals surface area contributed by atoms with Crippen molar-refractivity contribution in [1.82, 2.24) is 9.78 Å². The fourth-order valence-electron chi connectivity index (χ4n) is 2.71. The number of hydrogen-bond acceptors (Lipinski definition) is 5. The lowest BCUT2D eigenvalue weighted by Crippen LogP contribution is -2.14. The number of rotatable bonds is 5. The van der Waals surface area contributed by atoms with Crippen molar-refractivity contribution < 1.29 is 4.79 Å². The lowest BCUT2D eigenvalue weighted by Gasteiger charge is -2.12. The Balaban J connectivity index is 1.87. The summed E-state index contributed by atoms with van der Waals surface area (Å²) in [7, 11) is 1.82. The van der Waals surface area contributed by atoms with Crippen molar-refractivity contribution in [2.75, 3.05) is 10.6 Å². The number of aromatic nitrogens is 2. The van der Waals surface area contributed by atoms with Gasteiger partial charge in [-0.15, -0.1) is 0 Å². The summed E-state index contributed by atoms with van der Waals surface area (Å²) in [5.74, 6) is -0.292. The van der Waals surface area contributed by atoms with Crippen molar-refractivity contribution in [3.63, 3.8) is 0 Å². The summed E-state index contributed by atoms with van der Waals surface area (Å²) in [4.78, 5) is 12.6. The fraction of sp³-hybridized carbons (Fsp3) is 0.100. The maximum atomic E-state index is 12.6. The summed E-state index contributed by atoms with van der Waals surface area (Å²) in [5.41, 5.74) is 4.29. The molecule has 0 aliphatic carbocycles. The van der Waals surface area contributed by atoms with Gasteiger partial charge in [-0.25, -0.2) is 0 Å². The van der Waals surface area contributed by atoms with Crippen molar-refractivity contribution in [3.8, 4) is 6.07 Å². The van der Waals surface area contributed by atoms with Crippen LogP contribution in [0.1, 0.15) is 27.0 Å². The minimum absolute atomic E-state index is 0.292. The Hall–Kier alpha value is -3.92. The first-order chi connectivity index (χ1) is 13.0. The molecule has 0 radical (unpaired) electrons. The van der Waals surface area contributed by atoms with Crippen LogP contribution in [0.15, 0.2) is 48.8 Å². The van der Waals surface area contributed by atoms with Crippen molar-refractivity contribution in [1.29, 1.82) is 10.7 Å². The minimum atomic E-state index is -0.292. The van der Waals surface area contributed by atoms with E-state index in [0.717, 1.165) is 5.69 Å². The maximum absolute atomic E-state index is 12.6. The largest absolute Gasteiger partial charge is 0.352 e. The van der Waals surface area contributed by atoms with Crippen LogP contribution in [0.25, 0.3) is 0 Å². The van der Waals surface area contributed by atoms with E-state index in [1.807, 2.05) is 13.2 Å². The van der Waals surface area contributed by atoms with Gasteiger partial charge in [-0.3, -0.25) is 9.48 Å². The molecule has 0 saturated carbocycles. The molecule has 3 rings (SSSR count). The van der Waals surface area contributed by atoms with Gasteiger partial charge in [-0.1, -0.05) is 6.07 Å². The monoisotopic (exact) mass is 358 g/mol. The highest BCUT2D eigenvalue weighted by molar-refractivity contribution is 6.06. The lowest BCUT2D eigenvalue weighted by molar-refractivity contribution is 0.102. The van der Waals surface area contributed by atoms with E-state index in [-0.39, 0.29) is 5.91 Å². The number of hydrogen-bond donors (Lipinski definition) is 3. The highest BCUT2D eigenvalue weighted by Crippen LogP contribution is 2.24. The van der Waals surface area contributed by atoms with Crippen LogP contribution in [0.4, 0.5) is 17.1 Å². The molecular formula is C20H18N6O. The van der Waals surface area contributed by atoms with Crippen molar-refractivity contribution in [2.24, 2.45) is 7.05 Å². The first-order valence-corrected chi connectivity index (χ1v) is 8.23. The zero-order valence-corrected chi connectivity index (χ0v) is 14.9. The summed E-state index contributed by atoms with van der Waals surface area (Å²) in [6.45, 7) is 1.75. The van der Waals surface area contributed by atoms with Crippen LogP contribution < -0.4 is 10.6 Å². The number of nitriles is 1. The van der Waals surface area contributed by atoms with E-state index in [0.29, 0.717) is 33.6 Å². The molecular weight excluding hydrogens is 340 g/mol. The zero-order valence-electron chi connectivity index (χ0n) is 14.9. The van der Waals surface area contributed by atoms with Gasteiger partial charge in [0.25, 0.3) is 5.91 Å². The molecule has 3 aromatic rings. The van der Waals surface area contributed by atoms with E-state index in [9.17, 15) is 4.79 Å². The number of nitrogens with zero attached hydrogens (tertiary/aromatic N) is 3. The van der Waals surface area contributed by atoms with Crippen molar-refractivity contribution >= 4 is 29.2 Å². The van der Waals surface area contributed by atoms with Crippen LogP contribution in [0, 0.1) is 23.7 Å². The molecule has 0 fully saturated rings. The summed E-state index contributed by atoms with van der Waals surface area (Å²) in [6.07, 6.45) is 4.73. The number of carbonyl (C=O) groups excluding carboxylic acids is 1. The predicted molar refractivity (Wildman–Crippen MR) is 105 cm³/mol. The van der Waals surface area contributed by atoms with Gasteiger partial charge in [0.05, 0.1) is 23.5 Å². The molecule has 7 nitrogen and oxygen atoms in total. The number of anilines is 3. The molecule has 0 spiro atoms. The van der Waals surface area contributed by atoms with Crippen molar-refractivity contribution in [3.05, 3.63) is 71.0 Å². The molecule has 0 aliphatic heterocycles. The van der Waals surface area contributed by atoms with E-state index in [2.05, 4.69) is 21.8 Å². The highest BCUT2D eigenvalue weighted by Gasteiger charge is 2.13. The minimum Gasteiger partial charge on any atom is -0.352 e. The molecule has 0 saturated heterocycles. The van der Waals surface area contributed by atoms with Crippen LogP contribution >= 0.6 is 0 Å². The van der Waals surface area contributed by atoms with Gasteiger partial charge in [0.2, 0.25) is 0 Å². The maximum Gasteiger partial charge on any atom is 0.255 e. The summed E-state index contributed by atoms with van der Waals surface area (Å²) < 4.78 is 1.67.